The van der Waals surface area contributed by atoms with Gasteiger partial charge in [-0.3, -0.25) is 9.11 Å². The molecule has 0 radical (unpaired) electrons. The van der Waals surface area contributed by atoms with E-state index in [2.05, 4.69) is 0 Å². The van der Waals surface area contributed by atoms with Crippen LogP contribution in [-0.4, -0.2) is 111 Å². The molecule has 0 aliphatic carbocycles. The Kier molecular flexibility index (Phi) is 9.01. The molecule has 246 valence electrons. The highest BCUT2D eigenvalue weighted by atomic mass is 32.3. The topological polar surface area (TPSA) is 256 Å². The van der Waals surface area contributed by atoms with Crippen molar-refractivity contribution in [3.05, 3.63) is 11.3 Å². The lowest BCUT2D eigenvalue weighted by Gasteiger charge is -2.68. The van der Waals surface area contributed by atoms with Gasteiger partial charge in [0.15, 0.2) is 11.2 Å². The zero-order chi connectivity index (χ0) is 33.4. The fourth-order valence-corrected chi connectivity index (χ4v) is 7.83. The van der Waals surface area contributed by atoms with Crippen molar-refractivity contribution in [2.45, 2.75) is 108 Å². The van der Waals surface area contributed by atoms with Crippen LogP contribution in [0, 0.1) is 5.41 Å². The molecule has 7 N–H and O–H groups in total. The van der Waals surface area contributed by atoms with Gasteiger partial charge in [0.1, 0.15) is 5.60 Å². The molecule has 2 aliphatic heterocycles. The Labute approximate surface area is 245 Å². The highest BCUT2D eigenvalue weighted by molar-refractivity contribution is 7.83. The Morgan fingerprint density at radius 1 is 0.905 bits per heavy atom. The molecule has 1 fully saturated rings. The van der Waals surface area contributed by atoms with Gasteiger partial charge in [-0.25, -0.2) is 8.98 Å². The van der Waals surface area contributed by atoms with E-state index in [1.807, 2.05) is 4.72 Å². The van der Waals surface area contributed by atoms with Gasteiger partial charge < -0.3 is 34.6 Å². The monoisotopic (exact) mass is 649 g/mol. The number of carbonyl (C=O) groups is 1. The number of rotatable bonds is 10. The lowest BCUT2D eigenvalue weighted by Crippen LogP contribution is -2.85. The number of carboxylic acid groups (broad SMARTS) is 1. The van der Waals surface area contributed by atoms with Crippen LogP contribution in [0.25, 0.3) is 0 Å². The molecule has 0 aromatic rings. The SMILES string of the molecule is CC1=C(C(=O)O)OC(C)(COCC2(C)C(C)(CO)OC(C)(C)C(C)(NS(=O)(=O)O)C2(C)O)C(C)(OS(=O)(=O)O)C1(C)O. The number of nitrogens with one attached hydrogen (secondary N) is 1. The average molecular weight is 650 g/mol. The molecule has 7 atom stereocenters. The maximum Gasteiger partial charge on any atom is 0.398 e. The van der Waals surface area contributed by atoms with Crippen LogP contribution in [0.1, 0.15) is 69.2 Å². The number of hydrogen-bond donors (Lipinski definition) is 7. The van der Waals surface area contributed by atoms with Gasteiger partial charge in [0.2, 0.25) is 5.76 Å². The largest absolute Gasteiger partial charge is 0.475 e. The molecule has 0 aromatic carbocycles. The van der Waals surface area contributed by atoms with Crippen molar-refractivity contribution >= 4 is 26.7 Å². The van der Waals surface area contributed by atoms with E-state index in [4.69, 9.17) is 18.4 Å². The van der Waals surface area contributed by atoms with Crippen LogP contribution in [0.15, 0.2) is 11.3 Å². The summed E-state index contributed by atoms with van der Waals surface area (Å²) in [4.78, 5) is 12.0. The van der Waals surface area contributed by atoms with Crippen molar-refractivity contribution in [3.63, 3.8) is 0 Å². The third-order valence-corrected chi connectivity index (χ3v) is 11.3. The second-order valence-corrected chi connectivity index (χ2v) is 15.0. The number of hydrogen-bond acceptors (Lipinski definition) is 12. The van der Waals surface area contributed by atoms with Crippen molar-refractivity contribution in [2.75, 3.05) is 19.8 Å². The van der Waals surface area contributed by atoms with Crippen molar-refractivity contribution in [2.24, 2.45) is 5.41 Å². The smallest absolute Gasteiger partial charge is 0.398 e. The van der Waals surface area contributed by atoms with Crippen molar-refractivity contribution in [1.29, 1.82) is 0 Å². The van der Waals surface area contributed by atoms with Crippen LogP contribution in [-0.2, 0) is 43.9 Å². The number of aliphatic hydroxyl groups is 3. The summed E-state index contributed by atoms with van der Waals surface area (Å²) in [5, 5.41) is 43.6. The van der Waals surface area contributed by atoms with E-state index < -0.39 is 96.8 Å². The van der Waals surface area contributed by atoms with E-state index in [1.54, 1.807) is 0 Å². The molecule has 42 heavy (non-hydrogen) atoms. The molecule has 0 spiro atoms. The van der Waals surface area contributed by atoms with Crippen LogP contribution in [0.5, 0.6) is 0 Å². The molecule has 18 heteroatoms. The van der Waals surface area contributed by atoms with E-state index in [1.165, 1.54) is 48.5 Å². The molecular weight excluding hydrogens is 606 g/mol. The number of carboxylic acids is 1. The summed E-state index contributed by atoms with van der Waals surface area (Å²) in [6, 6.07) is 0. The first-order valence-electron chi connectivity index (χ1n) is 12.8. The van der Waals surface area contributed by atoms with Gasteiger partial charge in [0.05, 0.1) is 47.6 Å². The molecular formula is C24H43NO15S2. The van der Waals surface area contributed by atoms with E-state index in [0.29, 0.717) is 0 Å². The summed E-state index contributed by atoms with van der Waals surface area (Å²) in [5.74, 6) is -2.35. The molecule has 2 aliphatic rings. The van der Waals surface area contributed by atoms with Crippen LogP contribution < -0.4 is 4.72 Å². The number of ether oxygens (including phenoxy) is 3. The first-order valence-corrected chi connectivity index (χ1v) is 15.6. The predicted octanol–water partition coefficient (Wildman–Crippen LogP) is -0.0522. The minimum atomic E-state index is -5.28. The zero-order valence-corrected chi connectivity index (χ0v) is 26.9. The summed E-state index contributed by atoms with van der Waals surface area (Å²) in [5.41, 5.74) is -16.4. The van der Waals surface area contributed by atoms with E-state index in [0.717, 1.165) is 20.8 Å². The molecule has 0 aromatic heterocycles. The molecule has 0 bridgehead atoms. The molecule has 2 heterocycles. The van der Waals surface area contributed by atoms with Crippen LogP contribution >= 0.6 is 0 Å². The Morgan fingerprint density at radius 2 is 1.40 bits per heavy atom. The molecule has 2 rings (SSSR count). The lowest BCUT2D eigenvalue weighted by molar-refractivity contribution is -0.353. The summed E-state index contributed by atoms with van der Waals surface area (Å²) in [6.45, 7) is 10.6. The van der Waals surface area contributed by atoms with Crippen LogP contribution in [0.2, 0.25) is 0 Å². The van der Waals surface area contributed by atoms with Gasteiger partial charge in [-0.1, -0.05) is 6.92 Å². The number of aliphatic carboxylic acids is 1. The normalized spacial score (nSPS) is 42.7. The fourth-order valence-electron chi connectivity index (χ4n) is 6.10. The average Bonchev–Trinajstić information content (AvgIpc) is 2.77. The molecule has 1 saturated heterocycles. The third-order valence-electron chi connectivity index (χ3n) is 10.1. The summed E-state index contributed by atoms with van der Waals surface area (Å²) < 4.78 is 91.6. The van der Waals surface area contributed by atoms with Gasteiger partial charge >= 0.3 is 26.7 Å². The Bertz CT molecular complexity index is 1360. The van der Waals surface area contributed by atoms with E-state index in [9.17, 15) is 51.2 Å². The second kappa shape index (κ2) is 10.3. The van der Waals surface area contributed by atoms with Crippen molar-refractivity contribution in [3.8, 4) is 0 Å². The highest BCUT2D eigenvalue weighted by Gasteiger charge is 2.74. The Morgan fingerprint density at radius 3 is 1.81 bits per heavy atom. The number of aliphatic hydroxyl groups excluding tert-OH is 1. The standard InChI is InChI=1S/C24H43NO15S2/c1-14-15(16(27)28)38-20(6,24(10,21(14,7)29)40-42(34,35)36)13-37-12-18(4)19(5,11-26)39-17(2,3)22(8,23(18,9)30)25-41(31,32)33/h25-26,29-30H,11-13H2,1-10H3,(H,27,28)(H,31,32,33)(H,34,35,36). The highest BCUT2D eigenvalue weighted by Crippen LogP contribution is 2.58. The van der Waals surface area contributed by atoms with Gasteiger partial charge in [0, 0.05) is 5.57 Å². The van der Waals surface area contributed by atoms with Gasteiger partial charge in [0.25, 0.3) is 0 Å². The molecule has 16 nitrogen and oxygen atoms in total. The van der Waals surface area contributed by atoms with Gasteiger partial charge in [-0.15, -0.1) is 0 Å². The minimum absolute atomic E-state index is 0.323. The molecule has 0 saturated carbocycles. The maximum atomic E-state index is 12.1. The summed E-state index contributed by atoms with van der Waals surface area (Å²) in [7, 11) is -10.2. The van der Waals surface area contributed by atoms with Crippen molar-refractivity contribution < 1.29 is 69.6 Å². The van der Waals surface area contributed by atoms with Gasteiger partial charge in [-0.2, -0.15) is 21.6 Å². The Balaban J connectivity index is 2.67. The van der Waals surface area contributed by atoms with E-state index in [-0.39, 0.29) is 5.57 Å². The first kappa shape index (κ1) is 36.7. The summed E-state index contributed by atoms with van der Waals surface area (Å²) >= 11 is 0. The predicted molar refractivity (Wildman–Crippen MR) is 145 cm³/mol. The minimum Gasteiger partial charge on any atom is -0.475 e. The fraction of sp³-hybridized carbons (Fsp3) is 0.875. The molecule has 7 unspecified atom stereocenters. The lowest BCUT2D eigenvalue weighted by atomic mass is 9.52. The Hall–Kier alpha value is -1.45. The third kappa shape index (κ3) is 5.38. The second-order valence-electron chi connectivity index (χ2n) is 12.8. The summed E-state index contributed by atoms with van der Waals surface area (Å²) in [6.07, 6.45) is 0. The maximum absolute atomic E-state index is 12.1. The molecule has 0 amide bonds. The van der Waals surface area contributed by atoms with Crippen LogP contribution in [0.4, 0.5) is 0 Å². The van der Waals surface area contributed by atoms with Gasteiger partial charge in [-0.05, 0) is 62.3 Å². The van der Waals surface area contributed by atoms with Crippen molar-refractivity contribution in [1.82, 2.24) is 4.72 Å². The quantitative estimate of drug-likeness (QED) is 0.153. The van der Waals surface area contributed by atoms with Crippen LogP contribution in [0.3, 0.4) is 0 Å². The van der Waals surface area contributed by atoms with E-state index >= 15 is 0 Å². The zero-order valence-electron chi connectivity index (χ0n) is 25.3. The first-order chi connectivity index (χ1) is 18.3.